The van der Waals surface area contributed by atoms with Gasteiger partial charge in [-0.25, -0.2) is 0 Å². The van der Waals surface area contributed by atoms with Crippen LogP contribution in [0.1, 0.15) is 52.9 Å². The molecule has 2 heteroatoms. The average molecular weight is 224 g/mol. The zero-order valence-electron chi connectivity index (χ0n) is 11.3. The van der Waals surface area contributed by atoms with E-state index in [-0.39, 0.29) is 0 Å². The number of fused-ring (bicyclic) bond motifs is 1. The Labute approximate surface area is 101 Å². The lowest BCUT2D eigenvalue weighted by Gasteiger charge is -2.49. The van der Waals surface area contributed by atoms with Gasteiger partial charge in [0, 0.05) is 31.2 Å². The highest BCUT2D eigenvalue weighted by molar-refractivity contribution is 4.90. The first kappa shape index (κ1) is 12.4. The number of hydrogen-bond donors (Lipinski definition) is 0. The van der Waals surface area contributed by atoms with Crippen molar-refractivity contribution in [2.75, 3.05) is 19.6 Å². The monoisotopic (exact) mass is 224 g/mol. The summed E-state index contributed by atoms with van der Waals surface area (Å²) in [5.41, 5.74) is 0. The second kappa shape index (κ2) is 5.50. The Hall–Kier alpha value is -0.0800. The molecule has 16 heavy (non-hydrogen) atoms. The topological polar surface area (TPSA) is 6.48 Å². The molecule has 0 bridgehead atoms. The molecule has 2 aliphatic heterocycles. The molecule has 2 saturated heterocycles. The predicted octanol–water partition coefficient (Wildman–Crippen LogP) is 2.73. The van der Waals surface area contributed by atoms with Gasteiger partial charge in [-0.2, -0.15) is 0 Å². The number of hydrogen-bond acceptors (Lipinski definition) is 2. The number of piperazine rings is 1. The van der Waals surface area contributed by atoms with Gasteiger partial charge in [0.15, 0.2) is 0 Å². The van der Waals surface area contributed by atoms with Crippen LogP contribution in [0.2, 0.25) is 0 Å². The van der Waals surface area contributed by atoms with Crippen molar-refractivity contribution in [3.63, 3.8) is 0 Å². The Morgan fingerprint density at radius 1 is 1.25 bits per heavy atom. The molecule has 0 aromatic rings. The van der Waals surface area contributed by atoms with Gasteiger partial charge in [-0.05, 0) is 39.7 Å². The third-order valence-corrected chi connectivity index (χ3v) is 4.51. The maximum atomic E-state index is 2.76. The first-order valence-electron chi connectivity index (χ1n) is 7.22. The number of piperidine rings is 1. The minimum atomic E-state index is 0.760. The summed E-state index contributed by atoms with van der Waals surface area (Å²) in [5.74, 6) is 0. The van der Waals surface area contributed by atoms with E-state index in [0.29, 0.717) is 0 Å². The summed E-state index contributed by atoms with van der Waals surface area (Å²) in [6.45, 7) is 11.1. The molecular formula is C14H28N2. The van der Waals surface area contributed by atoms with Crippen LogP contribution in [0.3, 0.4) is 0 Å². The van der Waals surface area contributed by atoms with Gasteiger partial charge >= 0.3 is 0 Å². The summed E-state index contributed by atoms with van der Waals surface area (Å²) in [4.78, 5) is 5.50. The second-order valence-electron chi connectivity index (χ2n) is 5.83. The fraction of sp³-hybridized carbons (Fsp3) is 1.00. The SMILES string of the molecule is CCCC(C)N1CC2CCCCN2CC1C. The Morgan fingerprint density at radius 3 is 2.81 bits per heavy atom. The van der Waals surface area contributed by atoms with E-state index in [1.807, 2.05) is 0 Å². The van der Waals surface area contributed by atoms with Gasteiger partial charge in [-0.3, -0.25) is 9.80 Å². The fourth-order valence-electron chi connectivity index (χ4n) is 3.57. The van der Waals surface area contributed by atoms with Gasteiger partial charge in [0.1, 0.15) is 0 Å². The van der Waals surface area contributed by atoms with Crippen LogP contribution in [-0.2, 0) is 0 Å². The van der Waals surface area contributed by atoms with Crippen molar-refractivity contribution in [1.82, 2.24) is 9.80 Å². The standard InChI is InChI=1S/C14H28N2/c1-4-7-12(2)16-11-14-8-5-6-9-15(14)10-13(16)3/h12-14H,4-11H2,1-3H3. The van der Waals surface area contributed by atoms with Crippen LogP contribution in [0.15, 0.2) is 0 Å². The smallest absolute Gasteiger partial charge is 0.0224 e. The first-order chi connectivity index (χ1) is 7.72. The molecule has 0 N–H and O–H groups in total. The first-order valence-corrected chi connectivity index (χ1v) is 7.22. The molecule has 0 aromatic heterocycles. The van der Waals surface area contributed by atoms with Crippen LogP contribution in [-0.4, -0.2) is 47.6 Å². The van der Waals surface area contributed by atoms with Crippen molar-refractivity contribution in [2.24, 2.45) is 0 Å². The summed E-state index contributed by atoms with van der Waals surface area (Å²) >= 11 is 0. The number of nitrogens with zero attached hydrogens (tertiary/aromatic N) is 2. The van der Waals surface area contributed by atoms with Crippen LogP contribution in [0.5, 0.6) is 0 Å². The van der Waals surface area contributed by atoms with Gasteiger partial charge < -0.3 is 0 Å². The molecule has 3 unspecified atom stereocenters. The molecule has 0 saturated carbocycles. The van der Waals surface area contributed by atoms with E-state index in [1.165, 1.54) is 51.7 Å². The highest BCUT2D eigenvalue weighted by Crippen LogP contribution is 2.26. The van der Waals surface area contributed by atoms with Crippen LogP contribution < -0.4 is 0 Å². The Balaban J connectivity index is 1.94. The van der Waals surface area contributed by atoms with Gasteiger partial charge in [0.25, 0.3) is 0 Å². The maximum absolute atomic E-state index is 2.76. The lowest BCUT2D eigenvalue weighted by Crippen LogP contribution is -2.60. The Kier molecular flexibility index (Phi) is 4.26. The van der Waals surface area contributed by atoms with Crippen molar-refractivity contribution in [1.29, 1.82) is 0 Å². The van der Waals surface area contributed by atoms with Crippen molar-refractivity contribution in [3.05, 3.63) is 0 Å². The lowest BCUT2D eigenvalue weighted by atomic mass is 9.95. The van der Waals surface area contributed by atoms with Crippen molar-refractivity contribution in [3.8, 4) is 0 Å². The molecule has 2 aliphatic rings. The zero-order valence-corrected chi connectivity index (χ0v) is 11.3. The maximum Gasteiger partial charge on any atom is 0.0224 e. The van der Waals surface area contributed by atoms with E-state index in [1.54, 1.807) is 0 Å². The molecule has 2 heterocycles. The molecular weight excluding hydrogens is 196 g/mol. The van der Waals surface area contributed by atoms with Crippen LogP contribution >= 0.6 is 0 Å². The molecule has 2 fully saturated rings. The van der Waals surface area contributed by atoms with Crippen molar-refractivity contribution < 1.29 is 0 Å². The third kappa shape index (κ3) is 2.60. The molecule has 0 aliphatic carbocycles. The molecule has 0 amide bonds. The summed E-state index contributed by atoms with van der Waals surface area (Å²) < 4.78 is 0. The quantitative estimate of drug-likeness (QED) is 0.727. The van der Waals surface area contributed by atoms with Gasteiger partial charge in [-0.1, -0.05) is 19.8 Å². The average Bonchev–Trinajstić information content (AvgIpc) is 2.28. The highest BCUT2D eigenvalue weighted by atomic mass is 15.3. The Bertz CT molecular complexity index is 217. The summed E-state index contributed by atoms with van der Waals surface area (Å²) in [6, 6.07) is 2.41. The molecule has 2 nitrogen and oxygen atoms in total. The van der Waals surface area contributed by atoms with E-state index in [0.717, 1.165) is 18.1 Å². The summed E-state index contributed by atoms with van der Waals surface area (Å²) in [7, 11) is 0. The largest absolute Gasteiger partial charge is 0.298 e. The predicted molar refractivity (Wildman–Crippen MR) is 69.8 cm³/mol. The molecule has 0 spiro atoms. The molecule has 2 rings (SSSR count). The van der Waals surface area contributed by atoms with E-state index < -0.39 is 0 Å². The number of rotatable bonds is 3. The van der Waals surface area contributed by atoms with Crippen LogP contribution in [0.4, 0.5) is 0 Å². The minimum absolute atomic E-state index is 0.760. The second-order valence-corrected chi connectivity index (χ2v) is 5.83. The summed E-state index contributed by atoms with van der Waals surface area (Å²) in [6.07, 6.45) is 6.98. The fourth-order valence-corrected chi connectivity index (χ4v) is 3.57. The summed E-state index contributed by atoms with van der Waals surface area (Å²) in [5, 5.41) is 0. The van der Waals surface area contributed by atoms with E-state index in [2.05, 4.69) is 30.6 Å². The van der Waals surface area contributed by atoms with E-state index in [9.17, 15) is 0 Å². The normalized spacial score (nSPS) is 34.7. The molecule has 94 valence electrons. The lowest BCUT2D eigenvalue weighted by molar-refractivity contribution is -0.00574. The van der Waals surface area contributed by atoms with E-state index >= 15 is 0 Å². The molecule has 0 aromatic carbocycles. The van der Waals surface area contributed by atoms with Crippen molar-refractivity contribution in [2.45, 2.75) is 71.0 Å². The Morgan fingerprint density at radius 2 is 2.06 bits per heavy atom. The molecule has 0 radical (unpaired) electrons. The van der Waals surface area contributed by atoms with Gasteiger partial charge in [0.05, 0.1) is 0 Å². The van der Waals surface area contributed by atoms with Crippen LogP contribution in [0, 0.1) is 0 Å². The third-order valence-electron chi connectivity index (χ3n) is 4.51. The highest BCUT2D eigenvalue weighted by Gasteiger charge is 2.34. The minimum Gasteiger partial charge on any atom is -0.298 e. The van der Waals surface area contributed by atoms with Crippen LogP contribution in [0.25, 0.3) is 0 Å². The van der Waals surface area contributed by atoms with E-state index in [4.69, 9.17) is 0 Å². The van der Waals surface area contributed by atoms with Gasteiger partial charge in [0.2, 0.25) is 0 Å². The zero-order chi connectivity index (χ0) is 11.5. The van der Waals surface area contributed by atoms with Crippen molar-refractivity contribution >= 4 is 0 Å². The van der Waals surface area contributed by atoms with Gasteiger partial charge in [-0.15, -0.1) is 0 Å². The molecule has 3 atom stereocenters.